The van der Waals surface area contributed by atoms with Crippen LogP contribution in [0.3, 0.4) is 0 Å². The minimum absolute atomic E-state index is 0.0395. The molecule has 1 N–H and O–H groups in total. The first kappa shape index (κ1) is 15.7. The number of fused-ring (bicyclic) bond motifs is 4. The zero-order valence-electron chi connectivity index (χ0n) is 17.0. The minimum Gasteiger partial charge on any atom is -0.469 e. The van der Waals surface area contributed by atoms with Gasteiger partial charge in [0.05, 0.1) is 11.7 Å². The van der Waals surface area contributed by atoms with E-state index in [1.165, 1.54) is 0 Å². The molecule has 2 spiro atoms. The van der Waals surface area contributed by atoms with Crippen LogP contribution in [0.2, 0.25) is 1.41 Å². The van der Waals surface area contributed by atoms with Gasteiger partial charge in [0.25, 0.3) is 5.91 Å². The Balaban J connectivity index is 1.70. The molecule has 2 aromatic carbocycles. The van der Waals surface area contributed by atoms with Crippen molar-refractivity contribution >= 4 is 17.4 Å². The Bertz CT molecular complexity index is 1210. The molecule has 3 aliphatic rings. The Hall–Kier alpha value is -3.18. The number of nitrogens with zero attached hydrogens (tertiary/aromatic N) is 1. The Kier molecular flexibility index (Phi) is 2.95. The van der Waals surface area contributed by atoms with Gasteiger partial charge in [-0.3, -0.25) is 14.5 Å². The molecule has 1 aromatic heterocycles. The van der Waals surface area contributed by atoms with E-state index in [4.69, 9.17) is 5.83 Å². The van der Waals surface area contributed by atoms with E-state index < -0.39 is 11.0 Å². The van der Waals surface area contributed by atoms with Crippen molar-refractivity contribution in [1.82, 2.24) is 4.90 Å². The number of furan rings is 1. The Labute approximate surface area is 169 Å². The van der Waals surface area contributed by atoms with Gasteiger partial charge in [-0.15, -0.1) is 0 Å². The van der Waals surface area contributed by atoms with Crippen molar-refractivity contribution < 1.29 is 15.4 Å². The summed E-state index contributed by atoms with van der Waals surface area (Å²) >= 11 is 0. The summed E-state index contributed by atoms with van der Waals surface area (Å²) in [5.41, 5.74) is 0.547. The van der Waals surface area contributed by atoms with Crippen molar-refractivity contribution in [3.05, 3.63) is 89.4 Å². The third-order valence-electron chi connectivity index (χ3n) is 7.12. The van der Waals surface area contributed by atoms with Crippen LogP contribution in [0.5, 0.6) is 0 Å². The van der Waals surface area contributed by atoms with Crippen LogP contribution < -0.4 is 5.31 Å². The summed E-state index contributed by atoms with van der Waals surface area (Å²) in [6.45, 7) is 0.487. The highest BCUT2D eigenvalue weighted by atomic mass is 16.3. The fraction of sp³-hybridized carbons (Fsp3) is 0.250. The van der Waals surface area contributed by atoms with Crippen LogP contribution in [0.1, 0.15) is 33.2 Å². The summed E-state index contributed by atoms with van der Waals surface area (Å²) in [7, 11) is 1.88. The van der Waals surface area contributed by atoms with Gasteiger partial charge >= 0.3 is 0 Å². The van der Waals surface area contributed by atoms with Gasteiger partial charge in [0.2, 0.25) is 0 Å². The number of carbonyl (C=O) groups is 2. The summed E-state index contributed by atoms with van der Waals surface area (Å²) < 4.78 is 14.3. The van der Waals surface area contributed by atoms with Gasteiger partial charge in [-0.1, -0.05) is 42.5 Å². The lowest BCUT2D eigenvalue weighted by Gasteiger charge is -2.43. The van der Waals surface area contributed by atoms with Crippen molar-refractivity contribution in [2.45, 2.75) is 17.9 Å². The van der Waals surface area contributed by atoms with E-state index in [2.05, 4.69) is 0 Å². The molecule has 1 aliphatic carbocycles. The summed E-state index contributed by atoms with van der Waals surface area (Å²) in [5, 5.41) is 0.967. The van der Waals surface area contributed by atoms with E-state index in [1.807, 2.05) is 66.5 Å². The van der Waals surface area contributed by atoms with Crippen LogP contribution in [-0.2, 0) is 16.8 Å². The van der Waals surface area contributed by atoms with Gasteiger partial charge in [-0.25, -0.2) is 0 Å². The van der Waals surface area contributed by atoms with Crippen LogP contribution in [0.25, 0.3) is 0 Å². The molecule has 3 heterocycles. The second-order valence-corrected chi connectivity index (χ2v) is 8.23. The normalized spacial score (nSPS) is 31.0. The maximum atomic E-state index is 14.2. The van der Waals surface area contributed by atoms with Gasteiger partial charge in [0, 0.05) is 29.3 Å². The third kappa shape index (κ3) is 1.75. The number of hydrogen-bond acceptors (Lipinski definition) is 4. The molecular weight excluding hydrogens is 364 g/mol. The topological polar surface area (TPSA) is 62.6 Å². The number of nitrogens with one attached hydrogen (secondary N) is 1. The zero-order valence-corrected chi connectivity index (χ0v) is 16.0. The molecule has 0 radical (unpaired) electrons. The third-order valence-corrected chi connectivity index (χ3v) is 7.12. The number of Topliss-reactive ketones (excluding diaryl/α,β-unsaturated/α-hetero) is 1. The van der Waals surface area contributed by atoms with Gasteiger partial charge < -0.3 is 9.73 Å². The molecule has 0 unspecified atom stereocenters. The molecule has 1 amide bonds. The Morgan fingerprint density at radius 1 is 1.10 bits per heavy atom. The molecule has 0 bridgehead atoms. The minimum atomic E-state index is -1.25. The lowest BCUT2D eigenvalue weighted by Crippen LogP contribution is -2.58. The first-order chi connectivity index (χ1) is 14.5. The van der Waals surface area contributed by atoms with E-state index in [1.54, 1.807) is 12.3 Å². The number of hydrogen-bond donors (Lipinski definition) is 1. The smallest absolute Gasteiger partial charge is 0.250 e. The van der Waals surface area contributed by atoms with Crippen molar-refractivity contribution in [2.24, 2.45) is 5.41 Å². The van der Waals surface area contributed by atoms with E-state index in [-0.39, 0.29) is 17.6 Å². The number of anilines is 1. The molecule has 3 atom stereocenters. The average Bonchev–Trinajstić information content (AvgIpc) is 3.49. The highest BCUT2D eigenvalue weighted by Crippen LogP contribution is 2.66. The molecule has 5 nitrogen and oxygen atoms in total. The molecule has 1 saturated heterocycles. The largest absolute Gasteiger partial charge is 0.469 e. The molecule has 0 saturated carbocycles. The molecular formula is C24H20N2O3. The molecule has 3 aromatic rings. The second kappa shape index (κ2) is 5.45. The number of para-hydroxylation sites is 1. The van der Waals surface area contributed by atoms with Crippen molar-refractivity contribution in [3.8, 4) is 0 Å². The van der Waals surface area contributed by atoms with Crippen LogP contribution in [0.15, 0.2) is 71.3 Å². The first-order valence-corrected chi connectivity index (χ1v) is 9.84. The quantitative estimate of drug-likeness (QED) is 0.694. The van der Waals surface area contributed by atoms with Gasteiger partial charge in [-0.2, -0.15) is 0 Å². The van der Waals surface area contributed by atoms with Gasteiger partial charge in [-0.05, 0) is 37.2 Å². The molecule has 144 valence electrons. The number of likely N-dealkylation sites (tertiary alicyclic amines) is 1. The van der Waals surface area contributed by atoms with Crippen LogP contribution in [0.4, 0.5) is 5.69 Å². The van der Waals surface area contributed by atoms with Gasteiger partial charge in [0.1, 0.15) is 11.3 Å². The van der Waals surface area contributed by atoms with Crippen LogP contribution in [-0.4, -0.2) is 30.2 Å². The number of carbonyl (C=O) groups excluding carboxylic acids is 2. The number of likely N-dealkylation sites (N-methyl/N-ethyl adjacent to an activating group) is 1. The fourth-order valence-electron chi connectivity index (χ4n) is 6.05. The predicted molar refractivity (Wildman–Crippen MR) is 108 cm³/mol. The summed E-state index contributed by atoms with van der Waals surface area (Å²) in [6.07, 6.45) is 2.05. The summed E-state index contributed by atoms with van der Waals surface area (Å²) in [6, 6.07) is 18.7. The maximum Gasteiger partial charge on any atom is 0.250 e. The lowest BCUT2D eigenvalue weighted by molar-refractivity contribution is -0.130. The predicted octanol–water partition coefficient (Wildman–Crippen LogP) is 3.58. The highest BCUT2D eigenvalue weighted by molar-refractivity contribution is 6.16. The summed E-state index contributed by atoms with van der Waals surface area (Å²) in [5.74, 6) is -0.0155. The first-order valence-electron chi connectivity index (χ1n) is 10.3. The maximum absolute atomic E-state index is 14.2. The van der Waals surface area contributed by atoms with E-state index in [0.29, 0.717) is 30.0 Å². The molecule has 29 heavy (non-hydrogen) atoms. The van der Waals surface area contributed by atoms with Gasteiger partial charge in [0.15, 0.2) is 7.20 Å². The van der Waals surface area contributed by atoms with Crippen LogP contribution in [0, 0.1) is 5.41 Å². The Morgan fingerprint density at radius 2 is 1.90 bits per heavy atom. The standard InChI is InChI=1S/C24H20N2O3/c1-26-14-18(20-11-6-12-29-20)23(13-15-7-2-3-8-16(15)21(23)27)24(26)17-9-4-5-10-19(17)25-22(24)28/h2-12,18H,13-14H2,1H3,(H,25,28)/t18-,23+,24+/m0/s1/i/hT. The van der Waals surface area contributed by atoms with Crippen molar-refractivity contribution in [1.29, 1.82) is 0 Å². The zero-order chi connectivity index (χ0) is 20.7. The monoisotopic (exact) mass is 386 g/mol. The fourth-order valence-corrected chi connectivity index (χ4v) is 6.05. The number of benzene rings is 2. The molecule has 2 aliphatic heterocycles. The number of rotatable bonds is 1. The van der Waals surface area contributed by atoms with E-state index in [0.717, 1.165) is 16.4 Å². The second-order valence-electron chi connectivity index (χ2n) is 8.23. The summed E-state index contributed by atoms with van der Waals surface area (Å²) in [4.78, 5) is 30.1. The molecule has 1 fully saturated rings. The lowest BCUT2D eigenvalue weighted by atomic mass is 9.59. The van der Waals surface area contributed by atoms with Crippen LogP contribution >= 0.6 is 0 Å². The van der Waals surface area contributed by atoms with E-state index >= 15 is 0 Å². The molecule has 6 rings (SSSR count). The highest BCUT2D eigenvalue weighted by Gasteiger charge is 2.75. The van der Waals surface area contributed by atoms with Crippen molar-refractivity contribution in [2.75, 3.05) is 18.9 Å². The average molecular weight is 386 g/mol. The number of amides is 1. The van der Waals surface area contributed by atoms with Crippen molar-refractivity contribution in [3.63, 3.8) is 0 Å². The van der Waals surface area contributed by atoms with E-state index in [9.17, 15) is 9.59 Å². The number of ketones is 1. The Morgan fingerprint density at radius 3 is 2.69 bits per heavy atom. The SMILES string of the molecule is [3H]N1C(=O)[C@@]2(c3ccccc31)N(C)C[C@@H](c1ccco1)[C@@]21Cc2ccccc2C1=O. The molecule has 5 heteroatoms.